The summed E-state index contributed by atoms with van der Waals surface area (Å²) in [6, 6.07) is 0. The van der Waals surface area contributed by atoms with Crippen LogP contribution in [0.5, 0.6) is 0 Å². The highest BCUT2D eigenvalue weighted by Gasteiger charge is 2.25. The van der Waals surface area contributed by atoms with E-state index in [1.807, 2.05) is 0 Å². The van der Waals surface area contributed by atoms with Gasteiger partial charge in [-0.15, -0.1) is 0 Å². The average Bonchev–Trinajstić information content (AvgIpc) is 2.49. The second-order valence-electron chi connectivity index (χ2n) is 3.12. The van der Waals surface area contributed by atoms with Crippen molar-refractivity contribution in [1.82, 2.24) is 5.16 Å². The number of carbonyl (C=O) groups is 1. The fraction of sp³-hybridized carbons (Fsp3) is 0.500. The molecule has 64 valence electrons. The highest BCUT2D eigenvalue weighted by atomic mass is 16.5. The molecule has 1 amide bonds. The molecule has 2 N–H and O–H groups in total. The molecule has 0 unspecified atom stereocenters. The topological polar surface area (TPSA) is 69.1 Å². The Morgan fingerprint density at radius 3 is 3.33 bits per heavy atom. The Kier molecular flexibility index (Phi) is 1.60. The zero-order chi connectivity index (χ0) is 8.55. The summed E-state index contributed by atoms with van der Waals surface area (Å²) in [5, 5.41) is 3.67. The van der Waals surface area contributed by atoms with E-state index in [0.717, 1.165) is 24.2 Å². The van der Waals surface area contributed by atoms with Crippen molar-refractivity contribution >= 4 is 5.91 Å². The van der Waals surface area contributed by atoms with Crippen LogP contribution < -0.4 is 5.73 Å². The molecule has 2 rings (SSSR count). The second kappa shape index (κ2) is 2.62. The molecule has 0 aromatic carbocycles. The summed E-state index contributed by atoms with van der Waals surface area (Å²) in [6.45, 7) is 0. The quantitative estimate of drug-likeness (QED) is 0.650. The third-order valence-corrected chi connectivity index (χ3v) is 2.32. The van der Waals surface area contributed by atoms with Crippen LogP contribution in [-0.4, -0.2) is 11.1 Å². The van der Waals surface area contributed by atoms with Gasteiger partial charge in [0.1, 0.15) is 5.76 Å². The van der Waals surface area contributed by atoms with Gasteiger partial charge in [-0.3, -0.25) is 4.79 Å². The van der Waals surface area contributed by atoms with Crippen molar-refractivity contribution in [2.24, 2.45) is 11.7 Å². The maximum atomic E-state index is 10.9. The number of aryl methyl sites for hydroxylation is 1. The van der Waals surface area contributed by atoms with Gasteiger partial charge in [-0.1, -0.05) is 5.16 Å². The van der Waals surface area contributed by atoms with E-state index >= 15 is 0 Å². The number of fused-ring (bicyclic) bond motifs is 1. The fourth-order valence-corrected chi connectivity index (χ4v) is 1.57. The van der Waals surface area contributed by atoms with Crippen LogP contribution in [0.4, 0.5) is 0 Å². The molecule has 1 aliphatic rings. The van der Waals surface area contributed by atoms with Crippen LogP contribution in [0.25, 0.3) is 0 Å². The second-order valence-corrected chi connectivity index (χ2v) is 3.12. The van der Waals surface area contributed by atoms with Gasteiger partial charge in [-0.05, 0) is 12.8 Å². The Hall–Kier alpha value is -1.32. The molecular weight excluding hydrogens is 156 g/mol. The number of nitrogens with two attached hydrogens (primary N) is 1. The number of carbonyl (C=O) groups excluding carboxylic acids is 1. The minimum absolute atomic E-state index is 0.0306. The summed E-state index contributed by atoms with van der Waals surface area (Å²) < 4.78 is 4.98. The summed E-state index contributed by atoms with van der Waals surface area (Å²) in [7, 11) is 0. The minimum Gasteiger partial charge on any atom is -0.369 e. The van der Waals surface area contributed by atoms with Gasteiger partial charge in [0.25, 0.3) is 0 Å². The number of hydrogen-bond donors (Lipinski definition) is 1. The number of amides is 1. The molecule has 4 nitrogen and oxygen atoms in total. The van der Waals surface area contributed by atoms with Gasteiger partial charge in [-0.2, -0.15) is 0 Å². The molecule has 4 heteroatoms. The van der Waals surface area contributed by atoms with E-state index in [0.29, 0.717) is 6.42 Å². The largest absolute Gasteiger partial charge is 0.369 e. The molecule has 1 heterocycles. The minimum atomic E-state index is -0.221. The Labute approximate surface area is 69.7 Å². The van der Waals surface area contributed by atoms with Gasteiger partial charge in [0.15, 0.2) is 0 Å². The molecule has 0 fully saturated rings. The maximum Gasteiger partial charge on any atom is 0.220 e. The SMILES string of the molecule is NC(=O)[C@H]1CCc2oncc2C1. The fourth-order valence-electron chi connectivity index (χ4n) is 1.57. The predicted octanol–water partition coefficient (Wildman–Crippen LogP) is 0.265. The van der Waals surface area contributed by atoms with Crippen LogP contribution in [0.3, 0.4) is 0 Å². The molecule has 1 aromatic rings. The van der Waals surface area contributed by atoms with Crippen LogP contribution in [0, 0.1) is 5.92 Å². The van der Waals surface area contributed by atoms with Crippen LogP contribution in [-0.2, 0) is 17.6 Å². The molecule has 0 saturated heterocycles. The first kappa shape index (κ1) is 7.34. The van der Waals surface area contributed by atoms with Crippen molar-refractivity contribution in [3.63, 3.8) is 0 Å². The summed E-state index contributed by atoms with van der Waals surface area (Å²) in [5.41, 5.74) is 6.24. The van der Waals surface area contributed by atoms with Gasteiger partial charge in [0.2, 0.25) is 5.91 Å². The first-order chi connectivity index (χ1) is 5.77. The molecule has 1 aromatic heterocycles. The third-order valence-electron chi connectivity index (χ3n) is 2.32. The molecule has 0 bridgehead atoms. The van der Waals surface area contributed by atoms with Gasteiger partial charge in [0, 0.05) is 17.9 Å². The lowest BCUT2D eigenvalue weighted by molar-refractivity contribution is -0.122. The van der Waals surface area contributed by atoms with Gasteiger partial charge >= 0.3 is 0 Å². The molecule has 0 radical (unpaired) electrons. The van der Waals surface area contributed by atoms with E-state index in [9.17, 15) is 4.79 Å². The zero-order valence-electron chi connectivity index (χ0n) is 6.62. The molecule has 0 aliphatic heterocycles. The molecular formula is C8H10N2O2. The monoisotopic (exact) mass is 166 g/mol. The molecule has 0 spiro atoms. The lowest BCUT2D eigenvalue weighted by Crippen LogP contribution is -2.28. The molecule has 1 aliphatic carbocycles. The molecule has 1 atom stereocenters. The van der Waals surface area contributed by atoms with Gasteiger partial charge in [0.05, 0.1) is 6.20 Å². The van der Waals surface area contributed by atoms with E-state index in [-0.39, 0.29) is 11.8 Å². The average molecular weight is 166 g/mol. The zero-order valence-corrected chi connectivity index (χ0v) is 6.62. The summed E-state index contributed by atoms with van der Waals surface area (Å²) in [5.74, 6) is 0.659. The van der Waals surface area contributed by atoms with Crippen molar-refractivity contribution in [1.29, 1.82) is 0 Å². The first-order valence-corrected chi connectivity index (χ1v) is 3.99. The highest BCUT2D eigenvalue weighted by Crippen LogP contribution is 2.24. The van der Waals surface area contributed by atoms with Crippen molar-refractivity contribution < 1.29 is 9.32 Å². The van der Waals surface area contributed by atoms with Crippen molar-refractivity contribution in [3.8, 4) is 0 Å². The number of hydrogen-bond acceptors (Lipinski definition) is 3. The normalized spacial score (nSPS) is 21.8. The number of rotatable bonds is 1. The van der Waals surface area contributed by atoms with Crippen molar-refractivity contribution in [2.45, 2.75) is 19.3 Å². The van der Waals surface area contributed by atoms with E-state index < -0.39 is 0 Å². The third kappa shape index (κ3) is 1.09. The first-order valence-electron chi connectivity index (χ1n) is 3.99. The van der Waals surface area contributed by atoms with Crippen molar-refractivity contribution in [2.75, 3.05) is 0 Å². The summed E-state index contributed by atoms with van der Waals surface area (Å²) >= 11 is 0. The lowest BCUT2D eigenvalue weighted by Gasteiger charge is -2.16. The van der Waals surface area contributed by atoms with E-state index in [1.165, 1.54) is 0 Å². The van der Waals surface area contributed by atoms with Crippen LogP contribution in [0.1, 0.15) is 17.7 Å². The Morgan fingerprint density at radius 1 is 1.75 bits per heavy atom. The smallest absolute Gasteiger partial charge is 0.220 e. The number of nitrogens with zero attached hydrogens (tertiary/aromatic N) is 1. The Balaban J connectivity index is 2.20. The van der Waals surface area contributed by atoms with Crippen LogP contribution >= 0.6 is 0 Å². The highest BCUT2D eigenvalue weighted by molar-refractivity contribution is 5.77. The summed E-state index contributed by atoms with van der Waals surface area (Å²) in [4.78, 5) is 10.9. The standard InChI is InChI=1S/C8H10N2O2/c9-8(11)5-1-2-7-6(3-5)4-10-12-7/h4-5H,1-3H2,(H2,9,11)/t5-/m0/s1. The van der Waals surface area contributed by atoms with Crippen molar-refractivity contribution in [3.05, 3.63) is 17.5 Å². The Bertz CT molecular complexity index is 306. The Morgan fingerprint density at radius 2 is 2.58 bits per heavy atom. The maximum absolute atomic E-state index is 10.9. The molecule has 12 heavy (non-hydrogen) atoms. The molecule has 0 saturated carbocycles. The number of primary amides is 1. The van der Waals surface area contributed by atoms with E-state index in [1.54, 1.807) is 6.20 Å². The predicted molar refractivity (Wildman–Crippen MR) is 41.2 cm³/mol. The van der Waals surface area contributed by atoms with Gasteiger partial charge < -0.3 is 10.3 Å². The lowest BCUT2D eigenvalue weighted by atomic mass is 9.88. The van der Waals surface area contributed by atoms with Gasteiger partial charge in [-0.25, -0.2) is 0 Å². The van der Waals surface area contributed by atoms with E-state index in [2.05, 4.69) is 5.16 Å². The number of aromatic nitrogens is 1. The van der Waals surface area contributed by atoms with Crippen LogP contribution in [0.2, 0.25) is 0 Å². The van der Waals surface area contributed by atoms with Crippen LogP contribution in [0.15, 0.2) is 10.7 Å². The summed E-state index contributed by atoms with van der Waals surface area (Å²) in [6.07, 6.45) is 3.93. The van der Waals surface area contributed by atoms with E-state index in [4.69, 9.17) is 10.3 Å².